The lowest BCUT2D eigenvalue weighted by Gasteiger charge is -2.09. The summed E-state index contributed by atoms with van der Waals surface area (Å²) in [6.45, 7) is 3.57. The third-order valence-corrected chi connectivity index (χ3v) is 4.57. The number of hydrogen-bond acceptors (Lipinski definition) is 4. The molecule has 118 valence electrons. The van der Waals surface area contributed by atoms with Gasteiger partial charge in [-0.15, -0.1) is 4.83 Å². The summed E-state index contributed by atoms with van der Waals surface area (Å²) in [4.78, 5) is 13.9. The lowest BCUT2D eigenvalue weighted by Crippen LogP contribution is -2.43. The van der Waals surface area contributed by atoms with Gasteiger partial charge in [-0.25, -0.2) is 8.42 Å². The highest BCUT2D eigenvalue weighted by Crippen LogP contribution is 2.15. The molecule has 0 saturated heterocycles. The first kappa shape index (κ1) is 16.7. The first-order chi connectivity index (χ1) is 10.3. The second-order valence-corrected chi connectivity index (χ2v) is 7.29. The van der Waals surface area contributed by atoms with Crippen molar-refractivity contribution < 1.29 is 13.2 Å². The quantitative estimate of drug-likeness (QED) is 0.756. The molecule has 0 aliphatic carbocycles. The van der Waals surface area contributed by atoms with E-state index >= 15 is 0 Å². The van der Waals surface area contributed by atoms with Crippen LogP contribution in [0.15, 0.2) is 39.7 Å². The van der Waals surface area contributed by atoms with E-state index in [4.69, 9.17) is 0 Å². The molecule has 0 saturated carbocycles. The molecule has 0 atom stereocenters. The molecule has 1 heterocycles. The number of carbonyl (C=O) groups is 1. The highest BCUT2D eigenvalue weighted by molar-refractivity contribution is 9.10. The summed E-state index contributed by atoms with van der Waals surface area (Å²) in [6.07, 6.45) is 0. The molecule has 0 aliphatic heterocycles. The van der Waals surface area contributed by atoms with Gasteiger partial charge in [0, 0.05) is 10.2 Å². The van der Waals surface area contributed by atoms with Gasteiger partial charge in [-0.05, 0) is 38.1 Å². The van der Waals surface area contributed by atoms with E-state index in [0.717, 1.165) is 11.4 Å². The smallest absolute Gasteiger partial charge is 0.257 e. The lowest BCUT2D eigenvalue weighted by atomic mass is 10.4. The third kappa shape index (κ3) is 4.15. The van der Waals surface area contributed by atoms with Gasteiger partial charge in [-0.2, -0.15) is 5.10 Å². The van der Waals surface area contributed by atoms with Crippen LogP contribution in [0.25, 0.3) is 0 Å². The molecule has 2 N–H and O–H groups in total. The van der Waals surface area contributed by atoms with Crippen LogP contribution in [-0.4, -0.2) is 24.1 Å². The molecule has 9 heteroatoms. The standard InChI is InChI=1S/C13H15BrN4O3S/c1-9-6-10(2)18(16-9)8-13(19)15-17-22(20,21)12-5-3-4-11(14)7-12/h3-7,17H,8H2,1-2H3,(H,15,19). The number of hydrogen-bond donors (Lipinski definition) is 2. The van der Waals surface area contributed by atoms with Crippen LogP contribution in [0.1, 0.15) is 11.4 Å². The molecule has 0 bridgehead atoms. The highest BCUT2D eigenvalue weighted by Gasteiger charge is 2.16. The SMILES string of the molecule is Cc1cc(C)n(CC(=O)NNS(=O)(=O)c2cccc(Br)c2)n1. The van der Waals surface area contributed by atoms with Crippen LogP contribution in [0, 0.1) is 13.8 Å². The molecule has 7 nitrogen and oxygen atoms in total. The first-order valence-electron chi connectivity index (χ1n) is 6.35. The van der Waals surface area contributed by atoms with E-state index in [1.165, 1.54) is 16.8 Å². The third-order valence-electron chi connectivity index (χ3n) is 2.83. The molecule has 1 aromatic carbocycles. The van der Waals surface area contributed by atoms with Crippen molar-refractivity contribution in [2.75, 3.05) is 0 Å². The van der Waals surface area contributed by atoms with Crippen molar-refractivity contribution >= 4 is 31.9 Å². The van der Waals surface area contributed by atoms with Gasteiger partial charge >= 0.3 is 0 Å². The average Bonchev–Trinajstić information content (AvgIpc) is 2.75. The number of halogens is 1. The van der Waals surface area contributed by atoms with E-state index in [2.05, 4.69) is 31.3 Å². The van der Waals surface area contributed by atoms with E-state index in [9.17, 15) is 13.2 Å². The Bertz CT molecular complexity index is 801. The van der Waals surface area contributed by atoms with Crippen molar-refractivity contribution in [3.05, 3.63) is 46.2 Å². The van der Waals surface area contributed by atoms with E-state index in [0.29, 0.717) is 4.47 Å². The van der Waals surface area contributed by atoms with Crippen molar-refractivity contribution in [1.82, 2.24) is 20.0 Å². The number of benzene rings is 1. The fourth-order valence-electron chi connectivity index (χ4n) is 1.83. The van der Waals surface area contributed by atoms with Gasteiger partial charge in [0.2, 0.25) is 0 Å². The molecule has 22 heavy (non-hydrogen) atoms. The summed E-state index contributed by atoms with van der Waals surface area (Å²) >= 11 is 3.20. The van der Waals surface area contributed by atoms with Gasteiger partial charge in [-0.1, -0.05) is 22.0 Å². The average molecular weight is 387 g/mol. The molecular weight excluding hydrogens is 372 g/mol. The first-order valence-corrected chi connectivity index (χ1v) is 8.63. The molecule has 0 aliphatic rings. The molecule has 0 unspecified atom stereocenters. The lowest BCUT2D eigenvalue weighted by molar-refractivity contribution is -0.122. The summed E-state index contributed by atoms with van der Waals surface area (Å²) in [5.74, 6) is -0.509. The number of rotatable bonds is 5. The predicted molar refractivity (Wildman–Crippen MR) is 84.3 cm³/mol. The Balaban J connectivity index is 2.00. The molecular formula is C13H15BrN4O3S. The van der Waals surface area contributed by atoms with E-state index in [1.807, 2.05) is 19.9 Å². The summed E-state index contributed by atoms with van der Waals surface area (Å²) in [5.41, 5.74) is 3.79. The Labute approximate surface area is 136 Å². The number of hydrazine groups is 1. The summed E-state index contributed by atoms with van der Waals surface area (Å²) in [6, 6.07) is 8.01. The number of aryl methyl sites for hydroxylation is 2. The number of carbonyl (C=O) groups excluding carboxylic acids is 1. The fraction of sp³-hybridized carbons (Fsp3) is 0.231. The molecule has 1 aromatic heterocycles. The number of aromatic nitrogens is 2. The summed E-state index contributed by atoms with van der Waals surface area (Å²) in [7, 11) is -3.82. The maximum Gasteiger partial charge on any atom is 0.257 e. The largest absolute Gasteiger partial charge is 0.276 e. The zero-order chi connectivity index (χ0) is 16.3. The summed E-state index contributed by atoms with van der Waals surface area (Å²) in [5, 5.41) is 4.14. The summed E-state index contributed by atoms with van der Waals surface area (Å²) < 4.78 is 26.2. The molecule has 0 radical (unpaired) electrons. The monoisotopic (exact) mass is 386 g/mol. The highest BCUT2D eigenvalue weighted by atomic mass is 79.9. The predicted octanol–water partition coefficient (Wildman–Crippen LogP) is 1.27. The number of amides is 1. The molecule has 2 rings (SSSR count). The Morgan fingerprint density at radius 1 is 1.32 bits per heavy atom. The van der Waals surface area contributed by atoms with Gasteiger partial charge in [0.1, 0.15) is 6.54 Å². The van der Waals surface area contributed by atoms with Crippen LogP contribution in [-0.2, 0) is 21.4 Å². The van der Waals surface area contributed by atoms with Crippen LogP contribution in [0.5, 0.6) is 0 Å². The van der Waals surface area contributed by atoms with Gasteiger partial charge < -0.3 is 0 Å². The normalized spacial score (nSPS) is 11.4. The van der Waals surface area contributed by atoms with Crippen molar-refractivity contribution in [2.24, 2.45) is 0 Å². The second-order valence-electron chi connectivity index (χ2n) is 4.70. The van der Waals surface area contributed by atoms with Crippen molar-refractivity contribution in [2.45, 2.75) is 25.3 Å². The minimum absolute atomic E-state index is 0.0493. The Hall–Kier alpha value is -1.71. The van der Waals surface area contributed by atoms with E-state index in [1.54, 1.807) is 12.1 Å². The van der Waals surface area contributed by atoms with Gasteiger partial charge in [0.25, 0.3) is 15.9 Å². The maximum absolute atomic E-state index is 12.0. The minimum atomic E-state index is -3.82. The zero-order valence-electron chi connectivity index (χ0n) is 12.0. The topological polar surface area (TPSA) is 93.1 Å². The fourth-order valence-corrected chi connectivity index (χ4v) is 3.28. The molecule has 2 aromatic rings. The minimum Gasteiger partial charge on any atom is -0.276 e. The van der Waals surface area contributed by atoms with Crippen LogP contribution in [0.2, 0.25) is 0 Å². The van der Waals surface area contributed by atoms with Crippen LogP contribution in [0.4, 0.5) is 0 Å². The number of nitrogens with zero attached hydrogens (tertiary/aromatic N) is 2. The van der Waals surface area contributed by atoms with Gasteiger partial charge in [0.15, 0.2) is 0 Å². The van der Waals surface area contributed by atoms with Crippen LogP contribution >= 0.6 is 15.9 Å². The second kappa shape index (κ2) is 6.59. The Morgan fingerprint density at radius 2 is 2.05 bits per heavy atom. The molecule has 0 spiro atoms. The number of nitrogens with one attached hydrogen (secondary N) is 2. The van der Waals surface area contributed by atoms with Crippen molar-refractivity contribution in [1.29, 1.82) is 0 Å². The van der Waals surface area contributed by atoms with E-state index < -0.39 is 15.9 Å². The Morgan fingerprint density at radius 3 is 2.64 bits per heavy atom. The zero-order valence-corrected chi connectivity index (χ0v) is 14.4. The maximum atomic E-state index is 12.0. The Kier molecular flexibility index (Phi) is 4.99. The van der Waals surface area contributed by atoms with Crippen molar-refractivity contribution in [3.63, 3.8) is 0 Å². The van der Waals surface area contributed by atoms with Crippen LogP contribution in [0.3, 0.4) is 0 Å². The van der Waals surface area contributed by atoms with Gasteiger partial charge in [0.05, 0.1) is 10.6 Å². The van der Waals surface area contributed by atoms with E-state index in [-0.39, 0.29) is 11.4 Å². The molecule has 0 fully saturated rings. The van der Waals surface area contributed by atoms with Crippen molar-refractivity contribution in [3.8, 4) is 0 Å². The molecule has 1 amide bonds. The van der Waals surface area contributed by atoms with Crippen LogP contribution < -0.4 is 10.3 Å². The number of sulfonamides is 1. The van der Waals surface area contributed by atoms with Gasteiger partial charge in [-0.3, -0.25) is 14.9 Å².